The van der Waals surface area contributed by atoms with Crippen LogP contribution in [-0.2, 0) is 22.0 Å². The molecule has 140 valence electrons. The molecule has 1 atom stereocenters. The van der Waals surface area contributed by atoms with Crippen LogP contribution >= 0.6 is 11.6 Å². The van der Waals surface area contributed by atoms with E-state index in [1.54, 1.807) is 48.5 Å². The van der Waals surface area contributed by atoms with Gasteiger partial charge in [-0.15, -0.1) is 0 Å². The Hall–Kier alpha value is -2.92. The monoisotopic (exact) mass is 391 g/mol. The first-order valence-corrected chi connectivity index (χ1v) is 9.24. The minimum atomic E-state index is -1.71. The third-order valence-corrected chi connectivity index (χ3v) is 4.88. The SMILES string of the molecule is O=C1C(c2ccc(Cl)cc2)=CC(O)(c2ccccc2)N1OCc1ccccc1. The van der Waals surface area contributed by atoms with Gasteiger partial charge in [-0.3, -0.25) is 9.63 Å². The molecule has 0 spiro atoms. The highest BCUT2D eigenvalue weighted by molar-refractivity contribution is 6.30. The van der Waals surface area contributed by atoms with E-state index >= 15 is 0 Å². The van der Waals surface area contributed by atoms with Crippen molar-refractivity contribution in [1.82, 2.24) is 5.06 Å². The zero-order valence-electron chi connectivity index (χ0n) is 15.0. The molecule has 3 aromatic carbocycles. The van der Waals surface area contributed by atoms with E-state index in [0.717, 1.165) is 10.6 Å². The summed E-state index contributed by atoms with van der Waals surface area (Å²) in [7, 11) is 0. The highest BCUT2D eigenvalue weighted by Crippen LogP contribution is 2.39. The first kappa shape index (κ1) is 18.4. The average Bonchev–Trinajstić information content (AvgIpc) is 3.00. The number of benzene rings is 3. The molecule has 0 aliphatic carbocycles. The van der Waals surface area contributed by atoms with Gasteiger partial charge in [0.25, 0.3) is 5.91 Å². The van der Waals surface area contributed by atoms with Crippen molar-refractivity contribution in [2.24, 2.45) is 0 Å². The Morgan fingerprint density at radius 1 is 0.893 bits per heavy atom. The van der Waals surface area contributed by atoms with E-state index in [4.69, 9.17) is 16.4 Å². The first-order chi connectivity index (χ1) is 13.6. The molecule has 1 heterocycles. The molecule has 1 N–H and O–H groups in total. The Bertz CT molecular complexity index is 1000. The Balaban J connectivity index is 1.71. The molecule has 0 bridgehead atoms. The molecule has 0 saturated carbocycles. The summed E-state index contributed by atoms with van der Waals surface area (Å²) in [6.07, 6.45) is 1.53. The van der Waals surface area contributed by atoms with Crippen LogP contribution in [0.25, 0.3) is 5.57 Å². The quantitative estimate of drug-likeness (QED) is 0.694. The summed E-state index contributed by atoms with van der Waals surface area (Å²) in [5.74, 6) is -0.412. The van der Waals surface area contributed by atoms with Crippen molar-refractivity contribution >= 4 is 23.1 Å². The molecular formula is C23H18ClNO3. The van der Waals surface area contributed by atoms with Crippen molar-refractivity contribution in [1.29, 1.82) is 0 Å². The van der Waals surface area contributed by atoms with Gasteiger partial charge in [0.15, 0.2) is 0 Å². The molecule has 1 aliphatic heterocycles. The molecule has 5 heteroatoms. The number of hydroxylamine groups is 2. The Morgan fingerprint density at radius 3 is 2.14 bits per heavy atom. The van der Waals surface area contributed by atoms with E-state index in [1.807, 2.05) is 36.4 Å². The normalized spacial score (nSPS) is 19.0. The number of rotatable bonds is 5. The minimum Gasteiger partial charge on any atom is -0.362 e. The lowest BCUT2D eigenvalue weighted by Crippen LogP contribution is -2.43. The summed E-state index contributed by atoms with van der Waals surface area (Å²) in [4.78, 5) is 18.9. The fraction of sp³-hybridized carbons (Fsp3) is 0.0870. The standard InChI is InChI=1S/C23H18ClNO3/c24-20-13-11-18(12-14-20)21-15-23(27,19-9-5-2-6-10-19)25(22(21)26)28-16-17-7-3-1-4-8-17/h1-15,27H,16H2. The van der Waals surface area contributed by atoms with Crippen molar-refractivity contribution in [3.05, 3.63) is 113 Å². The molecule has 4 nitrogen and oxygen atoms in total. The highest BCUT2D eigenvalue weighted by atomic mass is 35.5. The molecule has 3 aromatic rings. The van der Waals surface area contributed by atoms with Gasteiger partial charge in [-0.2, -0.15) is 5.06 Å². The maximum atomic E-state index is 13.1. The summed E-state index contributed by atoms with van der Waals surface area (Å²) in [6.45, 7) is 0.156. The van der Waals surface area contributed by atoms with Gasteiger partial charge in [0.05, 0.1) is 5.57 Å². The summed E-state index contributed by atoms with van der Waals surface area (Å²) in [6, 6.07) is 25.4. The lowest BCUT2D eigenvalue weighted by Gasteiger charge is -2.32. The summed E-state index contributed by atoms with van der Waals surface area (Å²) in [5.41, 5.74) is 0.749. The van der Waals surface area contributed by atoms with Gasteiger partial charge >= 0.3 is 0 Å². The van der Waals surface area contributed by atoms with Gasteiger partial charge in [0.2, 0.25) is 5.72 Å². The fourth-order valence-corrected chi connectivity index (χ4v) is 3.30. The molecule has 4 rings (SSSR count). The second-order valence-electron chi connectivity index (χ2n) is 6.52. The second kappa shape index (κ2) is 7.60. The van der Waals surface area contributed by atoms with Crippen molar-refractivity contribution < 1.29 is 14.7 Å². The lowest BCUT2D eigenvalue weighted by atomic mass is 10.0. The van der Waals surface area contributed by atoms with Gasteiger partial charge in [0.1, 0.15) is 6.61 Å². The van der Waals surface area contributed by atoms with E-state index in [1.165, 1.54) is 6.08 Å². The van der Waals surface area contributed by atoms with Crippen LogP contribution in [-0.4, -0.2) is 16.1 Å². The maximum absolute atomic E-state index is 13.1. The van der Waals surface area contributed by atoms with E-state index in [-0.39, 0.29) is 6.61 Å². The number of carbonyl (C=O) groups is 1. The smallest absolute Gasteiger partial charge is 0.281 e. The van der Waals surface area contributed by atoms with E-state index < -0.39 is 11.6 Å². The van der Waals surface area contributed by atoms with Crippen LogP contribution in [0.5, 0.6) is 0 Å². The second-order valence-corrected chi connectivity index (χ2v) is 6.95. The molecule has 0 saturated heterocycles. The maximum Gasteiger partial charge on any atom is 0.281 e. The molecule has 0 radical (unpaired) electrons. The predicted octanol–water partition coefficient (Wildman–Crippen LogP) is 4.54. The van der Waals surface area contributed by atoms with Gasteiger partial charge in [-0.25, -0.2) is 0 Å². The molecular weight excluding hydrogens is 374 g/mol. The average molecular weight is 392 g/mol. The number of aliphatic hydroxyl groups is 1. The number of halogens is 1. The Kier molecular flexibility index (Phi) is 5.01. The van der Waals surface area contributed by atoms with Gasteiger partial charge in [-0.05, 0) is 29.3 Å². The molecule has 28 heavy (non-hydrogen) atoms. The largest absolute Gasteiger partial charge is 0.362 e. The number of hydrogen-bond donors (Lipinski definition) is 1. The van der Waals surface area contributed by atoms with Crippen molar-refractivity contribution in [2.75, 3.05) is 0 Å². The van der Waals surface area contributed by atoms with Crippen molar-refractivity contribution in [3.63, 3.8) is 0 Å². The van der Waals surface area contributed by atoms with Crippen LogP contribution < -0.4 is 0 Å². The molecule has 1 unspecified atom stereocenters. The Labute approximate surface area is 168 Å². The first-order valence-electron chi connectivity index (χ1n) is 8.86. The van der Waals surface area contributed by atoms with Crippen molar-refractivity contribution in [2.45, 2.75) is 12.3 Å². The van der Waals surface area contributed by atoms with Crippen LogP contribution in [0.3, 0.4) is 0 Å². The van der Waals surface area contributed by atoms with Crippen LogP contribution in [0.4, 0.5) is 0 Å². The molecule has 0 fully saturated rings. The summed E-state index contributed by atoms with van der Waals surface area (Å²) < 4.78 is 0. The van der Waals surface area contributed by atoms with Crippen LogP contribution in [0.2, 0.25) is 5.02 Å². The third kappa shape index (κ3) is 3.45. The fourth-order valence-electron chi connectivity index (χ4n) is 3.18. The van der Waals surface area contributed by atoms with Crippen molar-refractivity contribution in [3.8, 4) is 0 Å². The van der Waals surface area contributed by atoms with E-state index in [9.17, 15) is 9.90 Å². The third-order valence-electron chi connectivity index (χ3n) is 4.63. The number of amides is 1. The number of carbonyl (C=O) groups excluding carboxylic acids is 1. The van der Waals surface area contributed by atoms with Gasteiger partial charge in [0, 0.05) is 10.6 Å². The lowest BCUT2D eigenvalue weighted by molar-refractivity contribution is -0.262. The molecule has 1 aliphatic rings. The number of hydrogen-bond acceptors (Lipinski definition) is 3. The number of nitrogens with zero attached hydrogens (tertiary/aromatic N) is 1. The highest BCUT2D eigenvalue weighted by Gasteiger charge is 2.47. The minimum absolute atomic E-state index is 0.156. The summed E-state index contributed by atoms with van der Waals surface area (Å²) >= 11 is 5.96. The van der Waals surface area contributed by atoms with Gasteiger partial charge in [-0.1, -0.05) is 84.4 Å². The van der Waals surface area contributed by atoms with E-state index in [2.05, 4.69) is 0 Å². The zero-order chi connectivity index (χ0) is 19.6. The van der Waals surface area contributed by atoms with Crippen LogP contribution in [0.1, 0.15) is 16.7 Å². The Morgan fingerprint density at radius 2 is 1.50 bits per heavy atom. The topological polar surface area (TPSA) is 49.8 Å². The zero-order valence-corrected chi connectivity index (χ0v) is 15.7. The van der Waals surface area contributed by atoms with Gasteiger partial charge < -0.3 is 5.11 Å². The predicted molar refractivity (Wildman–Crippen MR) is 108 cm³/mol. The van der Waals surface area contributed by atoms with Crippen LogP contribution in [0, 0.1) is 0 Å². The summed E-state index contributed by atoms with van der Waals surface area (Å²) in [5, 5.41) is 13.1. The molecule has 0 aromatic heterocycles. The molecule has 1 amide bonds. The van der Waals surface area contributed by atoms with E-state index in [0.29, 0.717) is 21.7 Å². The van der Waals surface area contributed by atoms with Crippen LogP contribution in [0.15, 0.2) is 91.0 Å².